The van der Waals surface area contributed by atoms with Gasteiger partial charge in [0, 0.05) is 18.1 Å². The lowest BCUT2D eigenvalue weighted by atomic mass is 9.98. The molecule has 33 heavy (non-hydrogen) atoms. The highest BCUT2D eigenvalue weighted by Crippen LogP contribution is 2.61. The van der Waals surface area contributed by atoms with Gasteiger partial charge in [0.05, 0.1) is 44.6 Å². The lowest BCUT2D eigenvalue weighted by Crippen LogP contribution is -2.20. The maximum absolute atomic E-state index is 13.2. The highest BCUT2D eigenvalue weighted by Gasteiger charge is 2.66. The van der Waals surface area contributed by atoms with Crippen LogP contribution >= 0.6 is 0 Å². The molecule has 3 atom stereocenters. The Morgan fingerprint density at radius 2 is 1.55 bits per heavy atom. The van der Waals surface area contributed by atoms with E-state index in [1.165, 1.54) is 48.5 Å². The molecule has 0 spiro atoms. The van der Waals surface area contributed by atoms with Gasteiger partial charge >= 0.3 is 5.97 Å². The highest BCUT2D eigenvalue weighted by atomic mass is 16.6. The van der Waals surface area contributed by atoms with E-state index in [1.54, 1.807) is 19.9 Å². The topological polar surface area (TPSA) is 157 Å². The van der Waals surface area contributed by atoms with E-state index < -0.39 is 45.3 Å². The number of aliphatic hydroxyl groups excluding tert-OH is 1. The number of nitro groups is 2. The van der Waals surface area contributed by atoms with Gasteiger partial charge in [-0.2, -0.15) is 5.26 Å². The summed E-state index contributed by atoms with van der Waals surface area (Å²) in [7, 11) is 0. The molecule has 0 saturated heterocycles. The first-order valence-electron chi connectivity index (χ1n) is 9.96. The number of aliphatic hydroxyl groups is 1. The standard InChI is InChI=1S/C23H21N3O7/c1-13(12-24)20(27)18-19(23(18,2)3)22(28)33-21(14-8-4-6-10-16(14)25(29)30)15-9-5-7-11-17(15)26(31)32/h4-11,18-21,27H,1H2,2-3H3. The van der Waals surface area contributed by atoms with Gasteiger partial charge in [0.15, 0.2) is 6.10 Å². The molecule has 10 nitrogen and oxygen atoms in total. The van der Waals surface area contributed by atoms with Crippen molar-refractivity contribution < 1.29 is 24.5 Å². The van der Waals surface area contributed by atoms with Crippen LogP contribution in [0, 0.1) is 48.8 Å². The minimum absolute atomic E-state index is 0.0258. The molecule has 0 radical (unpaired) electrons. The molecule has 10 heteroatoms. The molecule has 0 amide bonds. The lowest BCUT2D eigenvalue weighted by molar-refractivity contribution is -0.387. The van der Waals surface area contributed by atoms with E-state index in [0.29, 0.717) is 0 Å². The molecule has 1 saturated carbocycles. The predicted octanol–water partition coefficient (Wildman–Crippen LogP) is 3.85. The Labute approximate surface area is 189 Å². The van der Waals surface area contributed by atoms with Crippen LogP contribution in [0.3, 0.4) is 0 Å². The Bertz CT molecular complexity index is 1130. The predicted molar refractivity (Wildman–Crippen MR) is 116 cm³/mol. The van der Waals surface area contributed by atoms with Gasteiger partial charge in [-0.3, -0.25) is 25.0 Å². The fourth-order valence-corrected chi connectivity index (χ4v) is 4.23. The van der Waals surface area contributed by atoms with E-state index in [-0.39, 0.29) is 28.1 Å². The minimum Gasteiger partial charge on any atom is -0.452 e. The first kappa shape index (κ1) is 23.6. The molecule has 1 fully saturated rings. The maximum Gasteiger partial charge on any atom is 0.310 e. The van der Waals surface area contributed by atoms with E-state index in [0.717, 1.165) is 0 Å². The summed E-state index contributed by atoms with van der Waals surface area (Å²) >= 11 is 0. The van der Waals surface area contributed by atoms with Crippen molar-refractivity contribution in [3.8, 4) is 6.07 Å². The van der Waals surface area contributed by atoms with Gasteiger partial charge in [-0.05, 0) is 17.5 Å². The molecule has 0 bridgehead atoms. The molecule has 0 aromatic heterocycles. The van der Waals surface area contributed by atoms with Gasteiger partial charge in [-0.25, -0.2) is 0 Å². The van der Waals surface area contributed by atoms with Gasteiger partial charge < -0.3 is 9.84 Å². The summed E-state index contributed by atoms with van der Waals surface area (Å²) in [6, 6.07) is 12.8. The second-order valence-corrected chi connectivity index (χ2v) is 8.36. The third kappa shape index (κ3) is 4.31. The number of para-hydroxylation sites is 2. The molecule has 2 aromatic rings. The van der Waals surface area contributed by atoms with Crippen LogP contribution < -0.4 is 0 Å². The van der Waals surface area contributed by atoms with Crippen molar-refractivity contribution in [1.29, 1.82) is 5.26 Å². The quantitative estimate of drug-likeness (QED) is 0.274. The van der Waals surface area contributed by atoms with Crippen LogP contribution in [0.25, 0.3) is 0 Å². The number of rotatable bonds is 8. The summed E-state index contributed by atoms with van der Waals surface area (Å²) in [6.07, 6.45) is -2.70. The van der Waals surface area contributed by atoms with E-state index >= 15 is 0 Å². The molecule has 3 unspecified atom stereocenters. The molecule has 170 valence electrons. The molecule has 2 aromatic carbocycles. The first-order valence-corrected chi connectivity index (χ1v) is 9.96. The number of hydrogen-bond acceptors (Lipinski definition) is 8. The lowest BCUT2D eigenvalue weighted by Gasteiger charge is -2.19. The van der Waals surface area contributed by atoms with E-state index in [4.69, 9.17) is 10.00 Å². The summed E-state index contributed by atoms with van der Waals surface area (Å²) in [6.45, 7) is 6.92. The number of carbonyl (C=O) groups is 1. The van der Waals surface area contributed by atoms with E-state index in [1.807, 2.05) is 0 Å². The molecule has 3 rings (SSSR count). The monoisotopic (exact) mass is 451 g/mol. The van der Waals surface area contributed by atoms with Crippen molar-refractivity contribution in [3.63, 3.8) is 0 Å². The smallest absolute Gasteiger partial charge is 0.310 e. The van der Waals surface area contributed by atoms with Crippen molar-refractivity contribution in [2.45, 2.75) is 26.1 Å². The van der Waals surface area contributed by atoms with Crippen LogP contribution in [0.15, 0.2) is 60.7 Å². The van der Waals surface area contributed by atoms with Crippen LogP contribution in [-0.4, -0.2) is 27.0 Å². The zero-order valence-electron chi connectivity index (χ0n) is 17.9. The van der Waals surface area contributed by atoms with Crippen molar-refractivity contribution in [1.82, 2.24) is 0 Å². The summed E-state index contributed by atoms with van der Waals surface area (Å²) < 4.78 is 5.69. The molecule has 1 N–H and O–H groups in total. The average molecular weight is 451 g/mol. The summed E-state index contributed by atoms with van der Waals surface area (Å²) in [5.41, 5.74) is -1.62. The average Bonchev–Trinajstić information content (AvgIpc) is 3.37. The second kappa shape index (κ2) is 8.80. The largest absolute Gasteiger partial charge is 0.452 e. The minimum atomic E-state index is -1.44. The Balaban J connectivity index is 2.05. The zero-order valence-corrected chi connectivity index (χ0v) is 17.9. The van der Waals surface area contributed by atoms with Crippen molar-refractivity contribution >= 4 is 17.3 Å². The number of benzene rings is 2. The van der Waals surface area contributed by atoms with E-state index in [9.17, 15) is 30.1 Å². The second-order valence-electron chi connectivity index (χ2n) is 8.36. The number of ether oxygens (including phenoxy) is 1. The van der Waals surface area contributed by atoms with Gasteiger partial charge in [0.25, 0.3) is 11.4 Å². The van der Waals surface area contributed by atoms with Crippen molar-refractivity contribution in [2.75, 3.05) is 0 Å². The maximum atomic E-state index is 13.2. The number of esters is 1. The number of nitriles is 1. The number of nitrogens with zero attached hydrogens (tertiary/aromatic N) is 3. The third-order valence-corrected chi connectivity index (χ3v) is 6.07. The summed E-state index contributed by atoms with van der Waals surface area (Å²) in [5.74, 6) is -2.30. The Morgan fingerprint density at radius 3 is 1.97 bits per heavy atom. The summed E-state index contributed by atoms with van der Waals surface area (Å²) in [5, 5.41) is 42.7. The van der Waals surface area contributed by atoms with Crippen molar-refractivity contribution in [2.24, 2.45) is 17.3 Å². The highest BCUT2D eigenvalue weighted by molar-refractivity contribution is 5.79. The van der Waals surface area contributed by atoms with Crippen LogP contribution in [0.1, 0.15) is 31.1 Å². The summed E-state index contributed by atoms with van der Waals surface area (Å²) in [4.78, 5) is 35.1. The van der Waals surface area contributed by atoms with Gasteiger partial charge in [0.2, 0.25) is 0 Å². The molecule has 0 aliphatic heterocycles. The van der Waals surface area contributed by atoms with Crippen LogP contribution in [0.2, 0.25) is 0 Å². The van der Waals surface area contributed by atoms with E-state index in [2.05, 4.69) is 6.58 Å². The van der Waals surface area contributed by atoms with Gasteiger partial charge in [0.1, 0.15) is 0 Å². The molecule has 0 heterocycles. The normalized spacial score (nSPS) is 19.2. The number of carbonyl (C=O) groups excluding carboxylic acids is 1. The fraction of sp³-hybridized carbons (Fsp3) is 0.304. The number of nitro benzene ring substituents is 2. The van der Waals surface area contributed by atoms with Gasteiger partial charge in [-0.15, -0.1) is 0 Å². The van der Waals surface area contributed by atoms with Gasteiger partial charge in [-0.1, -0.05) is 44.7 Å². The molecular formula is C23H21N3O7. The van der Waals surface area contributed by atoms with Crippen LogP contribution in [0.4, 0.5) is 11.4 Å². The zero-order chi connectivity index (χ0) is 24.5. The van der Waals surface area contributed by atoms with Crippen molar-refractivity contribution in [3.05, 3.63) is 92.0 Å². The Hall–Kier alpha value is -4.10. The van der Waals surface area contributed by atoms with Crippen LogP contribution in [0.5, 0.6) is 0 Å². The SMILES string of the molecule is C=C(C#N)C(O)C1C(C(=O)OC(c2ccccc2[N+](=O)[O-])c2ccccc2[N+](=O)[O-])C1(C)C. The van der Waals surface area contributed by atoms with Crippen LogP contribution in [-0.2, 0) is 9.53 Å². The molecule has 1 aliphatic carbocycles. The molecule has 1 aliphatic rings. The Kier molecular flexibility index (Phi) is 6.28. The first-order chi connectivity index (χ1) is 15.5. The Morgan fingerprint density at radius 1 is 1.09 bits per heavy atom. The molecular weight excluding hydrogens is 430 g/mol. The fourth-order valence-electron chi connectivity index (χ4n) is 4.23. The number of hydrogen-bond donors (Lipinski definition) is 1. The third-order valence-electron chi connectivity index (χ3n) is 6.07.